The first-order valence-electron chi connectivity index (χ1n) is 4.36. The molecule has 0 aliphatic carbocycles. The van der Waals surface area contributed by atoms with Crippen molar-refractivity contribution in [3.8, 4) is 0 Å². The highest BCUT2D eigenvalue weighted by Gasteiger charge is 2.05. The first kappa shape index (κ1) is 12.1. The molecule has 1 N–H and O–H groups in total. The van der Waals surface area contributed by atoms with Crippen molar-refractivity contribution in [3.05, 3.63) is 40.4 Å². The zero-order chi connectivity index (χ0) is 11.3. The number of halogens is 2. The van der Waals surface area contributed by atoms with Crippen molar-refractivity contribution in [3.63, 3.8) is 0 Å². The van der Waals surface area contributed by atoms with Gasteiger partial charge in [0.2, 0.25) is 0 Å². The van der Waals surface area contributed by atoms with Crippen LogP contribution >= 0.6 is 23.2 Å². The Kier molecular flexibility index (Phi) is 4.66. The molecule has 0 radical (unpaired) electrons. The average molecular weight is 245 g/mol. The lowest BCUT2D eigenvalue weighted by molar-refractivity contribution is -0.136. The van der Waals surface area contributed by atoms with Crippen LogP contribution in [0.15, 0.2) is 24.3 Å². The Hall–Kier alpha value is -0.990. The van der Waals surface area contributed by atoms with Gasteiger partial charge in [-0.05, 0) is 17.2 Å². The second-order valence-corrected chi connectivity index (χ2v) is 3.69. The van der Waals surface area contributed by atoms with Gasteiger partial charge in [-0.25, -0.2) is 0 Å². The van der Waals surface area contributed by atoms with Gasteiger partial charge in [0.15, 0.2) is 0 Å². The summed E-state index contributed by atoms with van der Waals surface area (Å²) >= 11 is 11.4. The van der Waals surface area contributed by atoms with Gasteiger partial charge >= 0.3 is 5.97 Å². The third kappa shape index (κ3) is 3.94. The number of aliphatic carboxylic acids is 1. The van der Waals surface area contributed by atoms with Gasteiger partial charge in [-0.3, -0.25) is 4.79 Å². The molecule has 0 bridgehead atoms. The number of benzene rings is 1. The molecule has 0 saturated heterocycles. The fourth-order valence-corrected chi connectivity index (χ4v) is 1.50. The van der Waals surface area contributed by atoms with Crippen LogP contribution in [0.2, 0.25) is 5.02 Å². The van der Waals surface area contributed by atoms with Crippen LogP contribution in [-0.4, -0.2) is 17.0 Å². The van der Waals surface area contributed by atoms with E-state index in [9.17, 15) is 4.79 Å². The van der Waals surface area contributed by atoms with Gasteiger partial charge in [0.05, 0.1) is 6.42 Å². The van der Waals surface area contributed by atoms with Crippen LogP contribution in [0.25, 0.3) is 6.08 Å². The highest BCUT2D eigenvalue weighted by molar-refractivity contribution is 6.31. The largest absolute Gasteiger partial charge is 0.481 e. The standard InChI is InChI=1S/C11H10Cl2O2/c12-5-1-2-8-3-4-9(7-11(14)15)10(13)6-8/h1-4,6H,5,7H2,(H,14,15). The van der Waals surface area contributed by atoms with E-state index in [-0.39, 0.29) is 6.42 Å². The maximum Gasteiger partial charge on any atom is 0.307 e. The Labute approximate surface area is 98.1 Å². The molecule has 0 unspecified atom stereocenters. The maximum absolute atomic E-state index is 10.5. The van der Waals surface area contributed by atoms with Gasteiger partial charge in [0, 0.05) is 10.9 Å². The predicted molar refractivity (Wildman–Crippen MR) is 62.5 cm³/mol. The van der Waals surface area contributed by atoms with Gasteiger partial charge in [0.25, 0.3) is 0 Å². The molecule has 2 nitrogen and oxygen atoms in total. The number of carboxylic acid groups (broad SMARTS) is 1. The molecule has 0 aliphatic heterocycles. The SMILES string of the molecule is O=C(O)Cc1ccc(C=CCCl)cc1Cl. The first-order valence-corrected chi connectivity index (χ1v) is 5.27. The molecule has 0 saturated carbocycles. The highest BCUT2D eigenvalue weighted by Crippen LogP contribution is 2.19. The van der Waals surface area contributed by atoms with E-state index in [0.717, 1.165) is 5.56 Å². The molecule has 0 aromatic heterocycles. The molecule has 0 spiro atoms. The summed E-state index contributed by atoms with van der Waals surface area (Å²) in [6.07, 6.45) is 3.58. The van der Waals surface area contributed by atoms with Gasteiger partial charge in [0.1, 0.15) is 0 Å². The predicted octanol–water partition coefficient (Wildman–Crippen LogP) is 3.22. The Bertz CT molecular complexity index is 386. The lowest BCUT2D eigenvalue weighted by Gasteiger charge is -2.02. The molecular formula is C11H10Cl2O2. The van der Waals surface area contributed by atoms with Crippen molar-refractivity contribution in [2.24, 2.45) is 0 Å². The van der Waals surface area contributed by atoms with Crippen molar-refractivity contribution in [2.45, 2.75) is 6.42 Å². The van der Waals surface area contributed by atoms with Crippen LogP contribution in [0.1, 0.15) is 11.1 Å². The fourth-order valence-electron chi connectivity index (χ4n) is 1.15. The number of rotatable bonds is 4. The quantitative estimate of drug-likeness (QED) is 0.827. The van der Waals surface area contributed by atoms with Crippen LogP contribution in [0.5, 0.6) is 0 Å². The van der Waals surface area contributed by atoms with Crippen LogP contribution in [0.4, 0.5) is 0 Å². The number of carbonyl (C=O) groups is 1. The smallest absolute Gasteiger partial charge is 0.307 e. The summed E-state index contributed by atoms with van der Waals surface area (Å²) in [6, 6.07) is 5.25. The monoisotopic (exact) mass is 244 g/mol. The van der Waals surface area contributed by atoms with E-state index in [1.165, 1.54) is 0 Å². The van der Waals surface area contributed by atoms with Gasteiger partial charge in [-0.1, -0.05) is 35.9 Å². The normalized spacial score (nSPS) is 10.8. The van der Waals surface area contributed by atoms with E-state index >= 15 is 0 Å². The Balaban J connectivity index is 2.87. The number of hydrogen-bond donors (Lipinski definition) is 1. The second-order valence-electron chi connectivity index (χ2n) is 2.98. The van der Waals surface area contributed by atoms with Crippen LogP contribution < -0.4 is 0 Å². The minimum atomic E-state index is -0.888. The number of carboxylic acids is 1. The first-order chi connectivity index (χ1) is 7.13. The minimum Gasteiger partial charge on any atom is -0.481 e. The lowest BCUT2D eigenvalue weighted by Crippen LogP contribution is -2.00. The number of alkyl halides is 1. The Morgan fingerprint density at radius 1 is 1.47 bits per heavy atom. The van der Waals surface area contributed by atoms with Gasteiger partial charge in [-0.15, -0.1) is 11.6 Å². The van der Waals surface area contributed by atoms with Crippen LogP contribution in [0, 0.1) is 0 Å². The topological polar surface area (TPSA) is 37.3 Å². The Morgan fingerprint density at radius 2 is 2.20 bits per heavy atom. The van der Waals surface area contributed by atoms with E-state index in [1.54, 1.807) is 18.2 Å². The number of hydrogen-bond acceptors (Lipinski definition) is 1. The van der Waals surface area contributed by atoms with Crippen molar-refractivity contribution in [1.82, 2.24) is 0 Å². The molecule has 0 atom stereocenters. The summed E-state index contributed by atoms with van der Waals surface area (Å²) in [4.78, 5) is 10.5. The lowest BCUT2D eigenvalue weighted by atomic mass is 10.1. The molecule has 4 heteroatoms. The van der Waals surface area contributed by atoms with Crippen molar-refractivity contribution in [2.75, 3.05) is 5.88 Å². The van der Waals surface area contributed by atoms with Crippen LogP contribution in [-0.2, 0) is 11.2 Å². The Morgan fingerprint density at radius 3 is 2.73 bits per heavy atom. The summed E-state index contributed by atoms with van der Waals surface area (Å²) in [5.41, 5.74) is 1.53. The molecule has 1 aromatic rings. The maximum atomic E-state index is 10.5. The third-order valence-electron chi connectivity index (χ3n) is 1.82. The van der Waals surface area contributed by atoms with Gasteiger partial charge < -0.3 is 5.11 Å². The van der Waals surface area contributed by atoms with E-state index in [0.29, 0.717) is 16.5 Å². The summed E-state index contributed by atoms with van der Waals surface area (Å²) < 4.78 is 0. The third-order valence-corrected chi connectivity index (χ3v) is 2.35. The summed E-state index contributed by atoms with van der Waals surface area (Å²) in [7, 11) is 0. The molecule has 15 heavy (non-hydrogen) atoms. The van der Waals surface area contributed by atoms with Crippen molar-refractivity contribution in [1.29, 1.82) is 0 Å². The zero-order valence-electron chi connectivity index (χ0n) is 7.91. The molecule has 0 aliphatic rings. The molecule has 1 aromatic carbocycles. The molecule has 0 amide bonds. The minimum absolute atomic E-state index is 0.0572. The van der Waals surface area contributed by atoms with Crippen LogP contribution in [0.3, 0.4) is 0 Å². The summed E-state index contributed by atoms with van der Waals surface area (Å²) in [6.45, 7) is 0. The number of allylic oxidation sites excluding steroid dienone is 1. The molecule has 0 fully saturated rings. The molecular weight excluding hydrogens is 235 g/mol. The van der Waals surface area contributed by atoms with E-state index in [1.807, 2.05) is 12.1 Å². The van der Waals surface area contributed by atoms with Crippen molar-refractivity contribution < 1.29 is 9.90 Å². The molecule has 0 heterocycles. The summed E-state index contributed by atoms with van der Waals surface area (Å²) in [5, 5.41) is 9.08. The fraction of sp³-hybridized carbons (Fsp3) is 0.182. The second kappa shape index (κ2) is 5.79. The van der Waals surface area contributed by atoms with Gasteiger partial charge in [-0.2, -0.15) is 0 Å². The molecule has 80 valence electrons. The summed E-state index contributed by atoms with van der Waals surface area (Å²) in [5.74, 6) is -0.449. The van der Waals surface area contributed by atoms with E-state index in [2.05, 4.69) is 0 Å². The van der Waals surface area contributed by atoms with Crippen molar-refractivity contribution >= 4 is 35.2 Å². The van der Waals surface area contributed by atoms with E-state index in [4.69, 9.17) is 28.3 Å². The zero-order valence-corrected chi connectivity index (χ0v) is 9.42. The molecule has 1 rings (SSSR count). The van der Waals surface area contributed by atoms with E-state index < -0.39 is 5.97 Å². The highest BCUT2D eigenvalue weighted by atomic mass is 35.5. The average Bonchev–Trinajstić information content (AvgIpc) is 2.18.